The normalized spacial score (nSPS) is 19.9. The Bertz CT molecular complexity index is 509. The van der Waals surface area contributed by atoms with Gasteiger partial charge in [0.05, 0.1) is 0 Å². The summed E-state index contributed by atoms with van der Waals surface area (Å²) >= 11 is 5.90. The van der Waals surface area contributed by atoms with E-state index in [1.54, 1.807) is 19.2 Å². The van der Waals surface area contributed by atoms with E-state index in [1.165, 1.54) is 25.7 Å². The van der Waals surface area contributed by atoms with Crippen LogP contribution in [-0.4, -0.2) is 24.5 Å². The summed E-state index contributed by atoms with van der Waals surface area (Å²) in [6.45, 7) is 0.797. The lowest BCUT2D eigenvalue weighted by molar-refractivity contribution is 0.0942. The number of nitrogens with zero attached hydrogens (tertiary/aromatic N) is 1. The fraction of sp³-hybridized carbons (Fsp3) is 0.571. The van der Waals surface area contributed by atoms with Gasteiger partial charge in [0.15, 0.2) is 0 Å². The molecule has 0 aliphatic heterocycles. The van der Waals surface area contributed by atoms with Crippen LogP contribution in [0.3, 0.4) is 0 Å². The average Bonchev–Trinajstić information content (AvgIpc) is 3.27. The molecule has 2 saturated carbocycles. The molecule has 0 aromatic carbocycles. The third-order valence-electron chi connectivity index (χ3n) is 4.25. The highest BCUT2D eigenvalue weighted by Crippen LogP contribution is 2.60. The highest BCUT2D eigenvalue weighted by molar-refractivity contribution is 6.29. The maximum atomic E-state index is 12.2. The minimum absolute atomic E-state index is 0.0623. The number of hydrogen-bond acceptors (Lipinski definition) is 3. The van der Waals surface area contributed by atoms with Gasteiger partial charge in [-0.05, 0) is 49.1 Å². The fourth-order valence-electron chi connectivity index (χ4n) is 2.70. The van der Waals surface area contributed by atoms with E-state index >= 15 is 0 Å². The molecule has 3 rings (SSSR count). The molecule has 4 nitrogen and oxygen atoms in total. The molecule has 2 N–H and O–H groups in total. The average molecular weight is 280 g/mol. The van der Waals surface area contributed by atoms with E-state index in [0.29, 0.717) is 21.9 Å². The molecule has 1 aromatic rings. The van der Waals surface area contributed by atoms with Crippen LogP contribution in [0.15, 0.2) is 12.1 Å². The number of rotatable bonds is 5. The first kappa shape index (κ1) is 12.7. The SMILES string of the molecule is CNc1cc(C(=O)NCC2(C3CC3)CC2)cc(Cl)n1. The second-order valence-corrected chi connectivity index (χ2v) is 6.02. The fourth-order valence-corrected chi connectivity index (χ4v) is 2.91. The molecule has 2 fully saturated rings. The third-order valence-corrected chi connectivity index (χ3v) is 4.44. The van der Waals surface area contributed by atoms with Crippen LogP contribution < -0.4 is 10.6 Å². The van der Waals surface area contributed by atoms with Crippen LogP contribution in [0.1, 0.15) is 36.0 Å². The summed E-state index contributed by atoms with van der Waals surface area (Å²) in [6, 6.07) is 3.33. The van der Waals surface area contributed by atoms with Crippen molar-refractivity contribution in [3.8, 4) is 0 Å². The van der Waals surface area contributed by atoms with Crippen LogP contribution >= 0.6 is 11.6 Å². The Morgan fingerprint density at radius 3 is 2.79 bits per heavy atom. The van der Waals surface area contributed by atoms with E-state index in [4.69, 9.17) is 11.6 Å². The van der Waals surface area contributed by atoms with E-state index in [0.717, 1.165) is 12.5 Å². The zero-order chi connectivity index (χ0) is 13.5. The molecule has 2 aliphatic carbocycles. The lowest BCUT2D eigenvalue weighted by Gasteiger charge is -2.15. The number of aromatic nitrogens is 1. The van der Waals surface area contributed by atoms with E-state index in [2.05, 4.69) is 15.6 Å². The van der Waals surface area contributed by atoms with Gasteiger partial charge in [0.1, 0.15) is 11.0 Å². The molecule has 2 aliphatic rings. The standard InChI is InChI=1S/C14H18ClN3O/c1-16-12-7-9(6-11(15)18-12)13(19)17-8-14(4-5-14)10-2-3-10/h6-7,10H,2-5,8H2,1H3,(H,16,18)(H,17,19). The first-order valence-corrected chi connectivity index (χ1v) is 7.14. The summed E-state index contributed by atoms with van der Waals surface area (Å²) in [6.07, 6.45) is 5.19. The highest BCUT2D eigenvalue weighted by Gasteiger charge is 2.53. The third kappa shape index (κ3) is 2.68. The maximum absolute atomic E-state index is 12.2. The van der Waals surface area contributed by atoms with Crippen LogP contribution in [0.5, 0.6) is 0 Å². The maximum Gasteiger partial charge on any atom is 0.251 e. The molecule has 1 heterocycles. The predicted octanol–water partition coefficient (Wildman–Crippen LogP) is 2.70. The molecule has 0 atom stereocenters. The smallest absolute Gasteiger partial charge is 0.251 e. The van der Waals surface area contributed by atoms with Gasteiger partial charge < -0.3 is 10.6 Å². The molecule has 0 unspecified atom stereocenters. The number of pyridine rings is 1. The molecular formula is C14H18ClN3O. The van der Waals surface area contributed by atoms with Gasteiger partial charge in [-0.25, -0.2) is 4.98 Å². The van der Waals surface area contributed by atoms with Crippen molar-refractivity contribution in [1.82, 2.24) is 10.3 Å². The monoisotopic (exact) mass is 279 g/mol. The van der Waals surface area contributed by atoms with E-state index in [-0.39, 0.29) is 5.91 Å². The van der Waals surface area contributed by atoms with Gasteiger partial charge in [-0.3, -0.25) is 4.79 Å². The predicted molar refractivity (Wildman–Crippen MR) is 75.5 cm³/mol. The van der Waals surface area contributed by atoms with Crippen molar-refractivity contribution < 1.29 is 4.79 Å². The van der Waals surface area contributed by atoms with Gasteiger partial charge in [-0.2, -0.15) is 0 Å². The Labute approximate surface area is 117 Å². The minimum Gasteiger partial charge on any atom is -0.373 e. The topological polar surface area (TPSA) is 54.0 Å². The van der Waals surface area contributed by atoms with Gasteiger partial charge in [0, 0.05) is 19.2 Å². The summed E-state index contributed by atoms with van der Waals surface area (Å²) in [4.78, 5) is 16.2. The van der Waals surface area contributed by atoms with Gasteiger partial charge >= 0.3 is 0 Å². The summed E-state index contributed by atoms with van der Waals surface area (Å²) < 4.78 is 0. The molecule has 0 radical (unpaired) electrons. The molecule has 5 heteroatoms. The Hall–Kier alpha value is -1.29. The Kier molecular flexibility index (Phi) is 3.13. The Morgan fingerprint density at radius 1 is 1.47 bits per heavy atom. The second-order valence-electron chi connectivity index (χ2n) is 5.63. The molecular weight excluding hydrogens is 262 g/mol. The van der Waals surface area contributed by atoms with Crippen LogP contribution in [0.4, 0.5) is 5.82 Å². The molecule has 0 bridgehead atoms. The summed E-state index contributed by atoms with van der Waals surface area (Å²) in [5.74, 6) is 1.40. The summed E-state index contributed by atoms with van der Waals surface area (Å²) in [5.41, 5.74) is 0.981. The van der Waals surface area contributed by atoms with Gasteiger partial charge in [0.2, 0.25) is 0 Å². The van der Waals surface area contributed by atoms with Crippen molar-refractivity contribution in [2.24, 2.45) is 11.3 Å². The largest absolute Gasteiger partial charge is 0.373 e. The highest BCUT2D eigenvalue weighted by atomic mass is 35.5. The van der Waals surface area contributed by atoms with Crippen molar-refractivity contribution in [3.05, 3.63) is 22.8 Å². The van der Waals surface area contributed by atoms with Gasteiger partial charge in [-0.1, -0.05) is 11.6 Å². The van der Waals surface area contributed by atoms with E-state index in [9.17, 15) is 4.79 Å². The Morgan fingerprint density at radius 2 is 2.21 bits per heavy atom. The quantitative estimate of drug-likeness (QED) is 0.815. The zero-order valence-corrected chi connectivity index (χ0v) is 11.8. The molecule has 1 amide bonds. The summed E-state index contributed by atoms with van der Waals surface area (Å²) in [5, 5.41) is 6.28. The number of carbonyl (C=O) groups is 1. The number of nitrogens with one attached hydrogen (secondary N) is 2. The first-order chi connectivity index (χ1) is 9.13. The van der Waals surface area contributed by atoms with Crippen LogP contribution in [0, 0.1) is 11.3 Å². The Balaban J connectivity index is 1.65. The van der Waals surface area contributed by atoms with Crippen LogP contribution in [-0.2, 0) is 0 Å². The van der Waals surface area contributed by atoms with Gasteiger partial charge in [0.25, 0.3) is 5.91 Å². The lowest BCUT2D eigenvalue weighted by atomic mass is 10.0. The summed E-state index contributed by atoms with van der Waals surface area (Å²) in [7, 11) is 1.76. The van der Waals surface area contributed by atoms with Crippen LogP contribution in [0.2, 0.25) is 5.15 Å². The number of halogens is 1. The minimum atomic E-state index is -0.0623. The second kappa shape index (κ2) is 4.67. The zero-order valence-electron chi connectivity index (χ0n) is 11.0. The molecule has 19 heavy (non-hydrogen) atoms. The van der Waals surface area contributed by atoms with E-state index < -0.39 is 0 Å². The number of carbonyl (C=O) groups excluding carboxylic acids is 1. The van der Waals surface area contributed by atoms with Crippen molar-refractivity contribution in [2.75, 3.05) is 18.9 Å². The molecule has 0 saturated heterocycles. The van der Waals surface area contributed by atoms with Crippen molar-refractivity contribution in [3.63, 3.8) is 0 Å². The molecule has 1 aromatic heterocycles. The van der Waals surface area contributed by atoms with Crippen LogP contribution in [0.25, 0.3) is 0 Å². The molecule has 102 valence electrons. The van der Waals surface area contributed by atoms with Crippen molar-refractivity contribution in [2.45, 2.75) is 25.7 Å². The number of amides is 1. The number of hydrogen-bond donors (Lipinski definition) is 2. The number of anilines is 1. The molecule has 0 spiro atoms. The van der Waals surface area contributed by atoms with Crippen molar-refractivity contribution in [1.29, 1.82) is 0 Å². The van der Waals surface area contributed by atoms with Gasteiger partial charge in [-0.15, -0.1) is 0 Å². The van der Waals surface area contributed by atoms with E-state index in [1.807, 2.05) is 0 Å². The van der Waals surface area contributed by atoms with Crippen molar-refractivity contribution >= 4 is 23.3 Å². The lowest BCUT2D eigenvalue weighted by Crippen LogP contribution is -2.31. The first-order valence-electron chi connectivity index (χ1n) is 6.76.